The molecular weight excluding hydrogens is 378 g/mol. The van der Waals surface area contributed by atoms with Crippen LogP contribution in [0.5, 0.6) is 17.2 Å². The molecular formula is C21H21NO5S. The number of nitrogens with zero attached hydrogens (tertiary/aromatic N) is 1. The zero-order chi connectivity index (χ0) is 20.3. The van der Waals surface area contributed by atoms with E-state index in [1.165, 1.54) is 26.2 Å². The normalized spacial score (nSPS) is 15.3. The molecule has 0 saturated carbocycles. The number of ether oxygens (including phenoxy) is 3. The topological polar surface area (TPSA) is 65.1 Å². The van der Waals surface area contributed by atoms with Gasteiger partial charge in [0, 0.05) is 0 Å². The number of imide groups is 1. The number of carbonyl (C=O) groups is 2. The van der Waals surface area contributed by atoms with Crippen LogP contribution in [-0.4, -0.2) is 32.5 Å². The number of aryl methyl sites for hydroxylation is 1. The lowest BCUT2D eigenvalue weighted by Crippen LogP contribution is -2.28. The number of methoxy groups -OCH3 is 3. The number of hydrogen-bond acceptors (Lipinski definition) is 6. The summed E-state index contributed by atoms with van der Waals surface area (Å²) in [6.07, 6.45) is 2.38. The maximum absolute atomic E-state index is 12.9. The molecule has 0 aromatic heterocycles. The number of anilines is 1. The fraction of sp³-hybridized carbons (Fsp3) is 0.238. The standard InChI is InChI=1S/C21H21NO5S/c1-5-14-8-6-7-9-15(14)22-20(23)18(28-21(22)24)12-13-10-16(25-2)19(27-4)17(11-13)26-3/h6-12H,5H2,1-4H3/b18-12-. The van der Waals surface area contributed by atoms with Crippen molar-refractivity contribution < 1.29 is 23.8 Å². The molecule has 7 heteroatoms. The minimum absolute atomic E-state index is 0.315. The predicted octanol–water partition coefficient (Wildman–Crippen LogP) is 4.52. The second kappa shape index (κ2) is 8.39. The van der Waals surface area contributed by atoms with Crippen LogP contribution in [0.15, 0.2) is 41.3 Å². The highest BCUT2D eigenvalue weighted by Gasteiger charge is 2.37. The molecule has 0 N–H and O–H groups in total. The van der Waals surface area contributed by atoms with Gasteiger partial charge in [-0.2, -0.15) is 0 Å². The Morgan fingerprint density at radius 1 is 1.00 bits per heavy atom. The number of carbonyl (C=O) groups excluding carboxylic acids is 2. The van der Waals surface area contributed by atoms with Crippen LogP contribution in [0, 0.1) is 0 Å². The average Bonchev–Trinajstić information content (AvgIpc) is 2.99. The van der Waals surface area contributed by atoms with E-state index < -0.39 is 0 Å². The molecule has 0 radical (unpaired) electrons. The molecule has 3 rings (SSSR count). The number of thioether (sulfide) groups is 1. The SMILES string of the molecule is CCc1ccccc1N1C(=O)S/C(=C\c2cc(OC)c(OC)c(OC)c2)C1=O. The molecule has 1 fully saturated rings. The summed E-state index contributed by atoms with van der Waals surface area (Å²) in [5.41, 5.74) is 2.24. The van der Waals surface area contributed by atoms with Crippen molar-refractivity contribution in [3.63, 3.8) is 0 Å². The third-order valence-electron chi connectivity index (χ3n) is 4.39. The predicted molar refractivity (Wildman–Crippen MR) is 110 cm³/mol. The molecule has 28 heavy (non-hydrogen) atoms. The van der Waals surface area contributed by atoms with Crippen molar-refractivity contribution in [3.05, 3.63) is 52.4 Å². The number of para-hydroxylation sites is 1. The highest BCUT2D eigenvalue weighted by atomic mass is 32.2. The smallest absolute Gasteiger partial charge is 0.298 e. The van der Waals surface area contributed by atoms with Gasteiger partial charge in [-0.05, 0) is 53.6 Å². The van der Waals surface area contributed by atoms with Crippen LogP contribution in [0.3, 0.4) is 0 Å². The Labute approximate surface area is 168 Å². The summed E-state index contributed by atoms with van der Waals surface area (Å²) in [4.78, 5) is 27.1. The number of rotatable bonds is 6. The van der Waals surface area contributed by atoms with Gasteiger partial charge in [0.05, 0.1) is 31.9 Å². The minimum Gasteiger partial charge on any atom is -0.493 e. The third-order valence-corrected chi connectivity index (χ3v) is 5.26. The summed E-state index contributed by atoms with van der Waals surface area (Å²) in [5.74, 6) is 1.07. The molecule has 146 valence electrons. The van der Waals surface area contributed by atoms with Gasteiger partial charge < -0.3 is 14.2 Å². The molecule has 0 unspecified atom stereocenters. The van der Waals surface area contributed by atoms with Gasteiger partial charge in [-0.25, -0.2) is 4.90 Å². The van der Waals surface area contributed by atoms with Gasteiger partial charge in [0.25, 0.3) is 11.1 Å². The minimum atomic E-state index is -0.343. The highest BCUT2D eigenvalue weighted by molar-refractivity contribution is 8.19. The van der Waals surface area contributed by atoms with Crippen molar-refractivity contribution in [2.75, 3.05) is 26.2 Å². The molecule has 1 saturated heterocycles. The Kier molecular flexibility index (Phi) is 5.94. The van der Waals surface area contributed by atoms with E-state index in [-0.39, 0.29) is 11.1 Å². The van der Waals surface area contributed by atoms with E-state index in [1.807, 2.05) is 25.1 Å². The van der Waals surface area contributed by atoms with Gasteiger partial charge >= 0.3 is 0 Å². The fourth-order valence-corrected chi connectivity index (χ4v) is 3.87. The van der Waals surface area contributed by atoms with Crippen LogP contribution in [0.2, 0.25) is 0 Å². The van der Waals surface area contributed by atoms with Crippen LogP contribution in [0.1, 0.15) is 18.1 Å². The lowest BCUT2D eigenvalue weighted by molar-refractivity contribution is -0.113. The van der Waals surface area contributed by atoms with Crippen LogP contribution < -0.4 is 19.1 Å². The van der Waals surface area contributed by atoms with Crippen molar-refractivity contribution in [1.82, 2.24) is 0 Å². The third kappa shape index (κ3) is 3.57. The van der Waals surface area contributed by atoms with Crippen molar-refractivity contribution in [1.29, 1.82) is 0 Å². The first-order chi connectivity index (χ1) is 13.5. The Hall–Kier alpha value is -2.93. The Morgan fingerprint density at radius 2 is 1.64 bits per heavy atom. The molecule has 2 aromatic carbocycles. The van der Waals surface area contributed by atoms with E-state index in [4.69, 9.17) is 14.2 Å². The van der Waals surface area contributed by atoms with E-state index in [9.17, 15) is 9.59 Å². The van der Waals surface area contributed by atoms with Crippen LogP contribution in [0.25, 0.3) is 6.08 Å². The van der Waals surface area contributed by atoms with E-state index in [0.717, 1.165) is 23.7 Å². The Balaban J connectivity index is 2.00. The summed E-state index contributed by atoms with van der Waals surface area (Å²) >= 11 is 0.913. The van der Waals surface area contributed by atoms with E-state index in [2.05, 4.69) is 0 Å². The molecule has 1 aliphatic heterocycles. The van der Waals surface area contributed by atoms with Gasteiger partial charge in [0.1, 0.15) is 0 Å². The summed E-state index contributed by atoms with van der Waals surface area (Å²) in [5, 5.41) is -0.315. The molecule has 0 aliphatic carbocycles. The fourth-order valence-electron chi connectivity index (χ4n) is 3.04. The second-order valence-electron chi connectivity index (χ2n) is 5.96. The lowest BCUT2D eigenvalue weighted by atomic mass is 10.1. The summed E-state index contributed by atoms with van der Waals surface area (Å²) in [6, 6.07) is 10.9. The first-order valence-electron chi connectivity index (χ1n) is 8.69. The monoisotopic (exact) mass is 399 g/mol. The van der Waals surface area contributed by atoms with Crippen LogP contribution >= 0.6 is 11.8 Å². The zero-order valence-corrected chi connectivity index (χ0v) is 17.0. The second-order valence-corrected chi connectivity index (χ2v) is 6.95. The van der Waals surface area contributed by atoms with Crippen LogP contribution in [0.4, 0.5) is 10.5 Å². The number of benzene rings is 2. The zero-order valence-electron chi connectivity index (χ0n) is 16.1. The molecule has 0 bridgehead atoms. The maximum atomic E-state index is 12.9. The Bertz CT molecular complexity index is 929. The summed E-state index contributed by atoms with van der Waals surface area (Å²) < 4.78 is 16.0. The molecule has 6 nitrogen and oxygen atoms in total. The van der Waals surface area contributed by atoms with Crippen LogP contribution in [-0.2, 0) is 11.2 Å². The van der Waals surface area contributed by atoms with Crippen molar-refractivity contribution in [2.45, 2.75) is 13.3 Å². The van der Waals surface area contributed by atoms with Gasteiger partial charge in [-0.1, -0.05) is 25.1 Å². The first kappa shape index (κ1) is 19.8. The number of amides is 2. The largest absolute Gasteiger partial charge is 0.493 e. The molecule has 0 atom stereocenters. The summed E-state index contributed by atoms with van der Waals surface area (Å²) in [7, 11) is 4.57. The van der Waals surface area contributed by atoms with Crippen molar-refractivity contribution in [2.24, 2.45) is 0 Å². The molecule has 2 aromatic rings. The van der Waals surface area contributed by atoms with E-state index in [0.29, 0.717) is 33.4 Å². The number of hydrogen-bond donors (Lipinski definition) is 0. The summed E-state index contributed by atoms with van der Waals surface area (Å²) in [6.45, 7) is 1.99. The van der Waals surface area contributed by atoms with Gasteiger partial charge in [0.2, 0.25) is 5.75 Å². The highest BCUT2D eigenvalue weighted by Crippen LogP contribution is 2.41. The maximum Gasteiger partial charge on any atom is 0.298 e. The average molecular weight is 399 g/mol. The quantitative estimate of drug-likeness (QED) is 0.666. The van der Waals surface area contributed by atoms with Gasteiger partial charge in [-0.15, -0.1) is 0 Å². The van der Waals surface area contributed by atoms with E-state index >= 15 is 0 Å². The lowest BCUT2D eigenvalue weighted by Gasteiger charge is -2.16. The molecule has 0 spiro atoms. The Morgan fingerprint density at radius 3 is 2.21 bits per heavy atom. The first-order valence-corrected chi connectivity index (χ1v) is 9.51. The molecule has 2 amide bonds. The van der Waals surface area contributed by atoms with Gasteiger partial charge in [-0.3, -0.25) is 9.59 Å². The van der Waals surface area contributed by atoms with E-state index in [1.54, 1.807) is 24.3 Å². The molecule has 1 aliphatic rings. The van der Waals surface area contributed by atoms with Crippen molar-refractivity contribution in [3.8, 4) is 17.2 Å². The molecule has 1 heterocycles. The van der Waals surface area contributed by atoms with Gasteiger partial charge in [0.15, 0.2) is 11.5 Å². The van der Waals surface area contributed by atoms with Crippen molar-refractivity contribution >= 4 is 34.7 Å².